The van der Waals surface area contributed by atoms with Gasteiger partial charge in [-0.15, -0.1) is 0 Å². The van der Waals surface area contributed by atoms with Crippen molar-refractivity contribution in [2.24, 2.45) is 0 Å². The molecule has 0 amide bonds. The van der Waals surface area contributed by atoms with Crippen LogP contribution in [0.1, 0.15) is 87.2 Å². The Morgan fingerprint density at radius 1 is 0.676 bits per heavy atom. The Morgan fingerprint density at radius 2 is 1.22 bits per heavy atom. The second-order valence-corrected chi connectivity index (χ2v) is 9.86. The molecule has 0 bridgehead atoms. The van der Waals surface area contributed by atoms with Crippen LogP contribution in [0.4, 0.5) is 0 Å². The van der Waals surface area contributed by atoms with Crippen LogP contribution in [0.25, 0.3) is 11.1 Å². The van der Waals surface area contributed by atoms with E-state index in [2.05, 4.69) is 31.2 Å². The van der Waals surface area contributed by atoms with Crippen LogP contribution < -0.4 is 4.74 Å². The molecule has 0 unspecified atom stereocenters. The van der Waals surface area contributed by atoms with Crippen LogP contribution in [0.2, 0.25) is 0 Å². The number of ether oxygens (including phenoxy) is 2. The van der Waals surface area contributed by atoms with Gasteiger partial charge in [0, 0.05) is 6.42 Å². The fourth-order valence-electron chi connectivity index (χ4n) is 4.21. The Morgan fingerprint density at radius 3 is 1.81 bits per heavy atom. The molecule has 0 aliphatic carbocycles. The fraction of sp³-hybridized carbons (Fsp3) is 0.394. The number of benzene rings is 3. The Hall–Kier alpha value is -3.40. The zero-order valence-corrected chi connectivity index (χ0v) is 22.5. The normalized spacial score (nSPS) is 10.9. The lowest BCUT2D eigenvalue weighted by molar-refractivity contribution is -0.134. The quantitative estimate of drug-likeness (QED) is 0.127. The number of hydrogen-bond acceptors (Lipinski definition) is 4. The number of rotatable bonds is 14. The molecule has 3 aromatic carbocycles. The van der Waals surface area contributed by atoms with Crippen LogP contribution in [0.3, 0.4) is 0 Å². The minimum Gasteiger partial charge on any atom is -0.459 e. The third-order valence-corrected chi connectivity index (χ3v) is 6.34. The predicted molar refractivity (Wildman–Crippen MR) is 150 cm³/mol. The van der Waals surface area contributed by atoms with E-state index in [1.54, 1.807) is 24.3 Å². The van der Waals surface area contributed by atoms with Gasteiger partial charge in [-0.2, -0.15) is 0 Å². The van der Waals surface area contributed by atoms with Crippen molar-refractivity contribution in [3.63, 3.8) is 0 Å². The lowest BCUT2D eigenvalue weighted by Crippen LogP contribution is -2.11. The summed E-state index contributed by atoms with van der Waals surface area (Å²) in [6, 6.07) is 23.3. The van der Waals surface area contributed by atoms with E-state index in [-0.39, 0.29) is 18.0 Å². The highest BCUT2D eigenvalue weighted by Gasteiger charge is 2.10. The van der Waals surface area contributed by atoms with E-state index in [4.69, 9.17) is 9.47 Å². The van der Waals surface area contributed by atoms with Gasteiger partial charge in [-0.05, 0) is 79.6 Å². The number of unbranched alkanes of at least 4 members (excludes halogenated alkanes) is 5. The first-order valence-electron chi connectivity index (χ1n) is 13.6. The molecule has 196 valence electrons. The Kier molecular flexibility index (Phi) is 11.4. The molecule has 4 nitrogen and oxygen atoms in total. The van der Waals surface area contributed by atoms with Crippen molar-refractivity contribution < 1.29 is 19.1 Å². The van der Waals surface area contributed by atoms with Gasteiger partial charge in [0.2, 0.25) is 0 Å². The first-order chi connectivity index (χ1) is 17.9. The molecule has 0 radical (unpaired) electrons. The van der Waals surface area contributed by atoms with Gasteiger partial charge >= 0.3 is 11.9 Å². The highest BCUT2D eigenvalue weighted by Crippen LogP contribution is 2.23. The van der Waals surface area contributed by atoms with Crippen LogP contribution in [0, 0.1) is 0 Å². The molecule has 0 aromatic heterocycles. The number of esters is 2. The molecule has 0 spiro atoms. The van der Waals surface area contributed by atoms with Gasteiger partial charge in [0.1, 0.15) is 5.75 Å². The first kappa shape index (κ1) is 28.2. The van der Waals surface area contributed by atoms with Crippen molar-refractivity contribution in [3.05, 3.63) is 89.5 Å². The van der Waals surface area contributed by atoms with E-state index in [0.29, 0.717) is 24.2 Å². The molecule has 4 heteroatoms. The highest BCUT2D eigenvalue weighted by atomic mass is 16.5. The van der Waals surface area contributed by atoms with Gasteiger partial charge in [0.05, 0.1) is 11.7 Å². The lowest BCUT2D eigenvalue weighted by Gasteiger charge is -2.09. The highest BCUT2D eigenvalue weighted by molar-refractivity contribution is 5.90. The maximum atomic E-state index is 12.4. The third kappa shape index (κ3) is 9.87. The van der Waals surface area contributed by atoms with Gasteiger partial charge in [-0.1, -0.05) is 87.6 Å². The van der Waals surface area contributed by atoms with E-state index in [9.17, 15) is 9.59 Å². The number of aryl methyl sites for hydroxylation is 2. The van der Waals surface area contributed by atoms with Crippen LogP contribution in [-0.4, -0.2) is 18.0 Å². The molecule has 0 aliphatic heterocycles. The molecule has 0 saturated heterocycles. The second-order valence-electron chi connectivity index (χ2n) is 9.86. The van der Waals surface area contributed by atoms with E-state index in [1.807, 2.05) is 38.1 Å². The van der Waals surface area contributed by atoms with Crippen molar-refractivity contribution in [2.45, 2.75) is 84.7 Å². The summed E-state index contributed by atoms with van der Waals surface area (Å²) in [5.41, 5.74) is 4.99. The monoisotopic (exact) mass is 500 g/mol. The van der Waals surface area contributed by atoms with Crippen LogP contribution in [0.15, 0.2) is 72.8 Å². The summed E-state index contributed by atoms with van der Waals surface area (Å²) >= 11 is 0. The zero-order chi connectivity index (χ0) is 26.5. The van der Waals surface area contributed by atoms with Gasteiger partial charge in [0.15, 0.2) is 0 Å². The van der Waals surface area contributed by atoms with Gasteiger partial charge < -0.3 is 9.47 Å². The number of carbonyl (C=O) groups is 2. The minimum absolute atomic E-state index is 0.150. The molecule has 0 N–H and O–H groups in total. The topological polar surface area (TPSA) is 52.6 Å². The smallest absolute Gasteiger partial charge is 0.338 e. The Balaban J connectivity index is 1.42. The molecule has 0 atom stereocenters. The summed E-state index contributed by atoms with van der Waals surface area (Å²) in [6.07, 6.45) is 9.84. The fourth-order valence-corrected chi connectivity index (χ4v) is 4.21. The van der Waals surface area contributed by atoms with Crippen molar-refractivity contribution in [3.8, 4) is 16.9 Å². The summed E-state index contributed by atoms with van der Waals surface area (Å²) in [5, 5.41) is 0. The Labute approximate surface area is 222 Å². The average molecular weight is 501 g/mol. The van der Waals surface area contributed by atoms with Gasteiger partial charge in [-0.3, -0.25) is 4.79 Å². The average Bonchev–Trinajstić information content (AvgIpc) is 2.90. The summed E-state index contributed by atoms with van der Waals surface area (Å²) in [7, 11) is 0. The Bertz CT molecular complexity index is 1100. The van der Waals surface area contributed by atoms with Crippen molar-refractivity contribution in [1.82, 2.24) is 0 Å². The SMILES string of the molecule is CCCCCCCCc1ccc(CCC(=O)Oc2ccc(-c3ccc(C(=O)OC(C)C)cc3)cc2)cc1. The van der Waals surface area contributed by atoms with E-state index >= 15 is 0 Å². The molecule has 0 aliphatic rings. The minimum atomic E-state index is -0.326. The van der Waals surface area contributed by atoms with Crippen LogP contribution in [-0.2, 0) is 22.4 Å². The molecule has 3 aromatic rings. The van der Waals surface area contributed by atoms with Crippen molar-refractivity contribution in [2.75, 3.05) is 0 Å². The molecule has 0 fully saturated rings. The molecule has 0 heterocycles. The summed E-state index contributed by atoms with van der Waals surface area (Å²) in [4.78, 5) is 24.4. The second kappa shape index (κ2) is 15.0. The largest absolute Gasteiger partial charge is 0.459 e. The number of carbonyl (C=O) groups excluding carboxylic acids is 2. The molecule has 37 heavy (non-hydrogen) atoms. The molecular formula is C33H40O4. The third-order valence-electron chi connectivity index (χ3n) is 6.34. The first-order valence-corrected chi connectivity index (χ1v) is 13.6. The van der Waals surface area contributed by atoms with E-state index in [1.165, 1.54) is 44.1 Å². The van der Waals surface area contributed by atoms with E-state index < -0.39 is 0 Å². The van der Waals surface area contributed by atoms with E-state index in [0.717, 1.165) is 23.1 Å². The van der Waals surface area contributed by atoms with Gasteiger partial charge in [-0.25, -0.2) is 4.79 Å². The van der Waals surface area contributed by atoms with Crippen molar-refractivity contribution >= 4 is 11.9 Å². The van der Waals surface area contributed by atoms with Crippen LogP contribution in [0.5, 0.6) is 5.75 Å². The lowest BCUT2D eigenvalue weighted by atomic mass is 10.0. The maximum Gasteiger partial charge on any atom is 0.338 e. The summed E-state index contributed by atoms with van der Waals surface area (Å²) in [6.45, 7) is 5.90. The van der Waals surface area contributed by atoms with Crippen molar-refractivity contribution in [1.29, 1.82) is 0 Å². The summed E-state index contributed by atoms with van der Waals surface area (Å²) < 4.78 is 10.8. The summed E-state index contributed by atoms with van der Waals surface area (Å²) in [5.74, 6) is -0.0370. The molecule has 3 rings (SSSR count). The zero-order valence-electron chi connectivity index (χ0n) is 22.5. The standard InChI is InChI=1S/C33H40O4/c1-4-5-6-7-8-9-10-26-11-13-27(14-12-26)15-24-32(34)37-31-22-20-29(21-23-31)28-16-18-30(19-17-28)33(35)36-25(2)3/h11-14,16-23,25H,4-10,15,24H2,1-3H3. The van der Waals surface area contributed by atoms with Gasteiger partial charge in [0.25, 0.3) is 0 Å². The van der Waals surface area contributed by atoms with Crippen LogP contribution >= 0.6 is 0 Å². The molecular weight excluding hydrogens is 460 g/mol. The predicted octanol–water partition coefficient (Wildman–Crippen LogP) is 8.36. The number of hydrogen-bond donors (Lipinski definition) is 0. The molecule has 0 saturated carbocycles. The maximum absolute atomic E-state index is 12.4.